The summed E-state index contributed by atoms with van der Waals surface area (Å²) in [7, 11) is 1.58. The second-order valence-electron chi connectivity index (χ2n) is 5.08. The molecule has 2 aromatic rings. The molecule has 1 amide bonds. The molecule has 0 spiro atoms. The third kappa shape index (κ3) is 4.43. The SMILES string of the molecule is COc1ccccc1Oc1ncccc1CNC(=O)[C@H](C)CN. The van der Waals surface area contributed by atoms with E-state index in [-0.39, 0.29) is 11.8 Å². The van der Waals surface area contributed by atoms with Crippen molar-refractivity contribution >= 4 is 5.91 Å². The van der Waals surface area contributed by atoms with Crippen molar-refractivity contribution in [1.29, 1.82) is 0 Å². The van der Waals surface area contributed by atoms with Gasteiger partial charge in [-0.2, -0.15) is 0 Å². The largest absolute Gasteiger partial charge is 0.493 e. The molecule has 23 heavy (non-hydrogen) atoms. The van der Waals surface area contributed by atoms with E-state index in [0.29, 0.717) is 30.5 Å². The van der Waals surface area contributed by atoms with Gasteiger partial charge >= 0.3 is 0 Å². The molecule has 0 fully saturated rings. The van der Waals surface area contributed by atoms with Crippen LogP contribution in [-0.2, 0) is 11.3 Å². The van der Waals surface area contributed by atoms with Crippen molar-refractivity contribution in [2.75, 3.05) is 13.7 Å². The van der Waals surface area contributed by atoms with Crippen molar-refractivity contribution in [2.45, 2.75) is 13.5 Å². The third-order valence-electron chi connectivity index (χ3n) is 3.38. The Morgan fingerprint density at radius 1 is 1.26 bits per heavy atom. The number of nitrogens with zero attached hydrogens (tertiary/aromatic N) is 1. The van der Waals surface area contributed by atoms with Gasteiger partial charge in [0.25, 0.3) is 0 Å². The average molecular weight is 315 g/mol. The number of para-hydroxylation sites is 2. The number of benzene rings is 1. The topological polar surface area (TPSA) is 86.5 Å². The number of methoxy groups -OCH3 is 1. The molecule has 122 valence electrons. The first kappa shape index (κ1) is 16.8. The standard InChI is InChI=1S/C17H21N3O3/c1-12(10-18)16(21)20-11-13-6-5-9-19-17(13)23-15-8-4-3-7-14(15)22-2/h3-9,12H,10-11,18H2,1-2H3,(H,20,21)/t12-/m1/s1. The number of nitrogens with one attached hydrogen (secondary N) is 1. The van der Waals surface area contributed by atoms with Crippen molar-refractivity contribution in [2.24, 2.45) is 11.7 Å². The predicted octanol–water partition coefficient (Wildman–Crippen LogP) is 2.09. The van der Waals surface area contributed by atoms with Gasteiger partial charge in [-0.3, -0.25) is 4.79 Å². The lowest BCUT2D eigenvalue weighted by molar-refractivity contribution is -0.124. The van der Waals surface area contributed by atoms with E-state index < -0.39 is 0 Å². The predicted molar refractivity (Wildman–Crippen MR) is 87.4 cm³/mol. The molecule has 3 N–H and O–H groups in total. The normalized spacial score (nSPS) is 11.6. The summed E-state index contributed by atoms with van der Waals surface area (Å²) in [6.07, 6.45) is 1.64. The van der Waals surface area contributed by atoms with Gasteiger partial charge in [0, 0.05) is 30.8 Å². The smallest absolute Gasteiger partial charge is 0.224 e. The number of pyridine rings is 1. The van der Waals surface area contributed by atoms with Crippen LogP contribution in [0, 0.1) is 5.92 Å². The molecule has 0 bridgehead atoms. The number of aromatic nitrogens is 1. The molecule has 0 aliphatic rings. The molecule has 1 atom stereocenters. The fraction of sp³-hybridized carbons (Fsp3) is 0.294. The number of hydrogen-bond donors (Lipinski definition) is 2. The fourth-order valence-corrected chi connectivity index (χ4v) is 1.92. The maximum absolute atomic E-state index is 11.8. The molecule has 1 aromatic carbocycles. The van der Waals surface area contributed by atoms with Gasteiger partial charge in [0.15, 0.2) is 11.5 Å². The molecular weight excluding hydrogens is 294 g/mol. The molecule has 0 saturated carbocycles. The van der Waals surface area contributed by atoms with E-state index in [1.165, 1.54) is 0 Å². The maximum Gasteiger partial charge on any atom is 0.224 e. The van der Waals surface area contributed by atoms with Gasteiger partial charge in [0.2, 0.25) is 11.8 Å². The van der Waals surface area contributed by atoms with Crippen LogP contribution in [0.5, 0.6) is 17.4 Å². The summed E-state index contributed by atoms with van der Waals surface area (Å²) < 4.78 is 11.1. The van der Waals surface area contributed by atoms with Crippen molar-refractivity contribution in [1.82, 2.24) is 10.3 Å². The maximum atomic E-state index is 11.8. The lowest BCUT2D eigenvalue weighted by Crippen LogP contribution is -2.32. The number of rotatable bonds is 7. The van der Waals surface area contributed by atoms with Gasteiger partial charge in [-0.05, 0) is 18.2 Å². The Morgan fingerprint density at radius 2 is 2.00 bits per heavy atom. The summed E-state index contributed by atoms with van der Waals surface area (Å²) in [5.41, 5.74) is 6.27. The highest BCUT2D eigenvalue weighted by atomic mass is 16.5. The highest BCUT2D eigenvalue weighted by molar-refractivity contribution is 5.78. The minimum Gasteiger partial charge on any atom is -0.493 e. The van der Waals surface area contributed by atoms with Gasteiger partial charge in [0.05, 0.1) is 7.11 Å². The molecule has 0 aliphatic carbocycles. The molecular formula is C17H21N3O3. The zero-order chi connectivity index (χ0) is 16.7. The Hall–Kier alpha value is -2.60. The molecule has 0 aliphatic heterocycles. The van der Waals surface area contributed by atoms with Crippen molar-refractivity contribution < 1.29 is 14.3 Å². The van der Waals surface area contributed by atoms with Crippen molar-refractivity contribution in [3.05, 3.63) is 48.2 Å². The second-order valence-corrected chi connectivity index (χ2v) is 5.08. The van der Waals surface area contributed by atoms with Crippen LogP contribution in [0.1, 0.15) is 12.5 Å². The minimum atomic E-state index is -0.231. The Balaban J connectivity index is 2.13. The van der Waals surface area contributed by atoms with Crippen LogP contribution < -0.4 is 20.5 Å². The molecule has 6 nitrogen and oxygen atoms in total. The van der Waals surface area contributed by atoms with Crippen LogP contribution in [0.3, 0.4) is 0 Å². The lowest BCUT2D eigenvalue weighted by atomic mass is 10.1. The molecule has 2 rings (SSSR count). The first-order valence-electron chi connectivity index (χ1n) is 7.38. The number of ether oxygens (including phenoxy) is 2. The van der Waals surface area contributed by atoms with E-state index in [0.717, 1.165) is 5.56 Å². The van der Waals surface area contributed by atoms with E-state index >= 15 is 0 Å². The van der Waals surface area contributed by atoms with Crippen LogP contribution in [0.25, 0.3) is 0 Å². The number of carbonyl (C=O) groups is 1. The first-order valence-corrected chi connectivity index (χ1v) is 7.38. The summed E-state index contributed by atoms with van der Waals surface area (Å²) in [5.74, 6) is 1.28. The summed E-state index contributed by atoms with van der Waals surface area (Å²) in [4.78, 5) is 16.1. The monoisotopic (exact) mass is 315 g/mol. The van der Waals surface area contributed by atoms with Crippen LogP contribution >= 0.6 is 0 Å². The van der Waals surface area contributed by atoms with E-state index in [1.54, 1.807) is 32.4 Å². The first-order chi connectivity index (χ1) is 11.2. The summed E-state index contributed by atoms with van der Waals surface area (Å²) in [6.45, 7) is 2.41. The van der Waals surface area contributed by atoms with Crippen molar-refractivity contribution in [3.8, 4) is 17.4 Å². The quantitative estimate of drug-likeness (QED) is 0.817. The lowest BCUT2D eigenvalue weighted by Gasteiger charge is -2.14. The Morgan fingerprint density at radius 3 is 2.70 bits per heavy atom. The zero-order valence-electron chi connectivity index (χ0n) is 13.3. The Bertz CT molecular complexity index is 661. The van der Waals surface area contributed by atoms with Gasteiger partial charge in [-0.1, -0.05) is 25.1 Å². The number of carbonyl (C=O) groups excluding carboxylic acids is 1. The van der Waals surface area contributed by atoms with Gasteiger partial charge in [0.1, 0.15) is 0 Å². The van der Waals surface area contributed by atoms with Gasteiger partial charge in [-0.25, -0.2) is 4.98 Å². The second kappa shape index (κ2) is 8.14. The molecule has 0 radical (unpaired) electrons. The van der Waals surface area contributed by atoms with Crippen LogP contribution in [-0.4, -0.2) is 24.5 Å². The Kier molecular flexibility index (Phi) is 5.94. The number of amides is 1. The number of hydrogen-bond acceptors (Lipinski definition) is 5. The van der Waals surface area contributed by atoms with Crippen LogP contribution in [0.4, 0.5) is 0 Å². The minimum absolute atomic E-state index is 0.0976. The van der Waals surface area contributed by atoms with E-state index in [2.05, 4.69) is 10.3 Å². The van der Waals surface area contributed by atoms with Crippen LogP contribution in [0.15, 0.2) is 42.6 Å². The van der Waals surface area contributed by atoms with Gasteiger partial charge in [-0.15, -0.1) is 0 Å². The molecule has 0 saturated heterocycles. The molecule has 1 heterocycles. The number of nitrogens with two attached hydrogens (primary N) is 1. The summed E-state index contributed by atoms with van der Waals surface area (Å²) in [6, 6.07) is 11.0. The highest BCUT2D eigenvalue weighted by Gasteiger charge is 2.13. The van der Waals surface area contributed by atoms with E-state index in [9.17, 15) is 4.79 Å². The van der Waals surface area contributed by atoms with Crippen molar-refractivity contribution in [3.63, 3.8) is 0 Å². The van der Waals surface area contributed by atoms with E-state index in [1.807, 2.05) is 24.3 Å². The molecule has 0 unspecified atom stereocenters. The molecule has 1 aromatic heterocycles. The zero-order valence-corrected chi connectivity index (χ0v) is 13.3. The van der Waals surface area contributed by atoms with E-state index in [4.69, 9.17) is 15.2 Å². The Labute approximate surface area is 135 Å². The van der Waals surface area contributed by atoms with Gasteiger partial charge < -0.3 is 20.5 Å². The fourth-order valence-electron chi connectivity index (χ4n) is 1.92. The molecule has 6 heteroatoms. The van der Waals surface area contributed by atoms with Crippen LogP contribution in [0.2, 0.25) is 0 Å². The third-order valence-corrected chi connectivity index (χ3v) is 3.38. The highest BCUT2D eigenvalue weighted by Crippen LogP contribution is 2.31. The summed E-state index contributed by atoms with van der Waals surface area (Å²) in [5, 5.41) is 2.83. The average Bonchev–Trinajstić information content (AvgIpc) is 2.60. The summed E-state index contributed by atoms with van der Waals surface area (Å²) >= 11 is 0.